The van der Waals surface area contributed by atoms with E-state index in [1.165, 1.54) is 0 Å². The van der Waals surface area contributed by atoms with Crippen LogP contribution in [0.25, 0.3) is 0 Å². The Morgan fingerprint density at radius 2 is 2.04 bits per heavy atom. The van der Waals surface area contributed by atoms with E-state index in [2.05, 4.69) is 10.2 Å². The molecule has 2 aromatic rings. The smallest absolute Gasteiger partial charge is 0.314 e. The molecule has 2 aliphatic carbocycles. The Morgan fingerprint density at radius 3 is 2.77 bits per heavy atom. The van der Waals surface area contributed by atoms with Gasteiger partial charge in [-0.25, -0.2) is 8.78 Å². The number of carbonyl (C=O) groups is 2. The number of nitrogens with one attached hydrogen (secondary N) is 1. The van der Waals surface area contributed by atoms with Crippen molar-refractivity contribution >= 4 is 11.8 Å². The van der Waals surface area contributed by atoms with E-state index >= 15 is 0 Å². The maximum Gasteiger partial charge on any atom is 0.314 e. The molecule has 5 nitrogen and oxygen atoms in total. The number of ether oxygens (including phenoxy) is 1. The zero-order chi connectivity index (χ0) is 18.5. The maximum absolute atomic E-state index is 13.9. The molecule has 1 aromatic heterocycles. The van der Waals surface area contributed by atoms with Crippen LogP contribution in [0.3, 0.4) is 0 Å². The number of alkyl halides is 2. The summed E-state index contributed by atoms with van der Waals surface area (Å²) in [5.41, 5.74) is 0.941. The standard InChI is InChI=1S/C19H18F2N2O3/c1-18-9-13-12(7-15(18)19(18,20)21)17(23-22-13)14(24)8-16(25)26-10-11-5-3-2-4-6-11/h2-6,15H,7-10H2,1H3,(H,22,23)/t15-,18+/m0/s1. The van der Waals surface area contributed by atoms with Gasteiger partial charge >= 0.3 is 5.97 Å². The number of H-pyrrole nitrogens is 1. The highest BCUT2D eigenvalue weighted by molar-refractivity contribution is 6.05. The fourth-order valence-electron chi connectivity index (χ4n) is 3.84. The van der Waals surface area contributed by atoms with Crippen LogP contribution in [0.15, 0.2) is 30.3 Å². The molecule has 26 heavy (non-hydrogen) atoms. The van der Waals surface area contributed by atoms with Gasteiger partial charge in [0.1, 0.15) is 18.7 Å². The molecule has 0 radical (unpaired) electrons. The van der Waals surface area contributed by atoms with Gasteiger partial charge in [0, 0.05) is 29.0 Å². The molecule has 1 N–H and O–H groups in total. The highest BCUT2D eigenvalue weighted by Crippen LogP contribution is 2.70. The molecule has 1 saturated carbocycles. The van der Waals surface area contributed by atoms with Crippen molar-refractivity contribution in [3.8, 4) is 0 Å². The number of halogens is 2. The van der Waals surface area contributed by atoms with Gasteiger partial charge in [-0.3, -0.25) is 14.7 Å². The normalized spacial score (nSPS) is 25.1. The lowest BCUT2D eigenvalue weighted by atomic mass is 9.87. The van der Waals surface area contributed by atoms with Crippen LogP contribution in [0.2, 0.25) is 0 Å². The first-order chi connectivity index (χ1) is 12.3. The lowest BCUT2D eigenvalue weighted by Crippen LogP contribution is -2.17. The molecule has 0 bridgehead atoms. The molecular formula is C19H18F2N2O3. The Bertz CT molecular complexity index is 878. The number of nitrogens with zero attached hydrogens (tertiary/aromatic N) is 1. The van der Waals surface area contributed by atoms with Gasteiger partial charge in [-0.05, 0) is 12.0 Å². The molecule has 0 aliphatic heterocycles. The van der Waals surface area contributed by atoms with Crippen molar-refractivity contribution in [2.75, 3.05) is 0 Å². The summed E-state index contributed by atoms with van der Waals surface area (Å²) in [6, 6.07) is 9.12. The minimum absolute atomic E-state index is 0.0816. The van der Waals surface area contributed by atoms with Gasteiger partial charge in [0.2, 0.25) is 0 Å². The molecule has 0 amide bonds. The number of ketones is 1. The molecule has 2 atom stereocenters. The van der Waals surface area contributed by atoms with Crippen molar-refractivity contribution in [3.05, 3.63) is 52.8 Å². The first-order valence-electron chi connectivity index (χ1n) is 8.49. The lowest BCUT2D eigenvalue weighted by Gasteiger charge is -2.15. The Morgan fingerprint density at radius 1 is 1.31 bits per heavy atom. The summed E-state index contributed by atoms with van der Waals surface area (Å²) in [6.07, 6.45) is -0.184. The van der Waals surface area contributed by atoms with Gasteiger partial charge in [0.05, 0.1) is 0 Å². The number of benzene rings is 1. The number of rotatable bonds is 5. The third kappa shape index (κ3) is 2.53. The van der Waals surface area contributed by atoms with Gasteiger partial charge in [0.25, 0.3) is 5.92 Å². The molecule has 0 saturated heterocycles. The van der Waals surface area contributed by atoms with Crippen LogP contribution < -0.4 is 0 Å². The molecule has 7 heteroatoms. The molecule has 0 unspecified atom stereocenters. The molecule has 4 rings (SSSR count). The number of aromatic amines is 1. The Kier molecular flexibility index (Phi) is 3.71. The monoisotopic (exact) mass is 360 g/mol. The summed E-state index contributed by atoms with van der Waals surface area (Å²) in [7, 11) is 0. The molecule has 1 heterocycles. The van der Waals surface area contributed by atoms with E-state index in [-0.39, 0.29) is 25.1 Å². The first kappa shape index (κ1) is 16.9. The molecule has 1 fully saturated rings. The van der Waals surface area contributed by atoms with Gasteiger partial charge in [-0.1, -0.05) is 37.3 Å². The SMILES string of the molecule is C[C@@]12Cc3[nH]nc(C(=O)CC(=O)OCc4ccccc4)c3C[C@@H]1C2(F)F. The fraction of sp³-hybridized carbons (Fsp3) is 0.421. The molecule has 1 aromatic carbocycles. The second-order valence-electron chi connectivity index (χ2n) is 7.25. The largest absolute Gasteiger partial charge is 0.460 e. The quantitative estimate of drug-likeness (QED) is 0.505. The highest BCUT2D eigenvalue weighted by atomic mass is 19.3. The van der Waals surface area contributed by atoms with Crippen LogP contribution >= 0.6 is 0 Å². The van der Waals surface area contributed by atoms with E-state index in [0.717, 1.165) is 5.56 Å². The number of aromatic nitrogens is 2. The molecule has 0 spiro atoms. The third-order valence-corrected chi connectivity index (χ3v) is 5.60. The van der Waals surface area contributed by atoms with Crippen LogP contribution in [-0.2, 0) is 29.0 Å². The van der Waals surface area contributed by atoms with Crippen LogP contribution in [-0.4, -0.2) is 27.9 Å². The van der Waals surface area contributed by atoms with Gasteiger partial charge in [0.15, 0.2) is 5.78 Å². The number of Topliss-reactive ketones (excluding diaryl/α,β-unsaturated/α-hetero) is 1. The van der Waals surface area contributed by atoms with E-state index in [0.29, 0.717) is 11.3 Å². The third-order valence-electron chi connectivity index (χ3n) is 5.60. The summed E-state index contributed by atoms with van der Waals surface area (Å²) in [6.45, 7) is 1.64. The minimum atomic E-state index is -2.72. The topological polar surface area (TPSA) is 72.0 Å². The van der Waals surface area contributed by atoms with Gasteiger partial charge < -0.3 is 4.74 Å². The second kappa shape index (κ2) is 5.72. The predicted octanol–water partition coefficient (Wildman–Crippen LogP) is 3.10. The van der Waals surface area contributed by atoms with Crippen molar-refractivity contribution in [2.24, 2.45) is 11.3 Å². The van der Waals surface area contributed by atoms with Crippen LogP contribution in [0.4, 0.5) is 8.78 Å². The van der Waals surface area contributed by atoms with Crippen molar-refractivity contribution in [1.29, 1.82) is 0 Å². The number of fused-ring (bicyclic) bond motifs is 2. The van der Waals surface area contributed by atoms with Crippen LogP contribution in [0.1, 0.15) is 40.7 Å². The summed E-state index contributed by atoms with van der Waals surface area (Å²) in [5.74, 6) is -4.65. The first-order valence-corrected chi connectivity index (χ1v) is 8.49. The Labute approximate surface area is 148 Å². The van der Waals surface area contributed by atoms with E-state index in [9.17, 15) is 18.4 Å². The summed E-state index contributed by atoms with van der Waals surface area (Å²) in [5, 5.41) is 6.68. The number of hydrogen-bond donors (Lipinski definition) is 1. The Hall–Kier alpha value is -2.57. The summed E-state index contributed by atoms with van der Waals surface area (Å²) in [4.78, 5) is 24.3. The van der Waals surface area contributed by atoms with Gasteiger partial charge in [-0.2, -0.15) is 5.10 Å². The Balaban J connectivity index is 1.40. The number of carbonyl (C=O) groups excluding carboxylic acids is 2. The highest BCUT2D eigenvalue weighted by Gasteiger charge is 2.78. The zero-order valence-corrected chi connectivity index (χ0v) is 14.2. The zero-order valence-electron chi connectivity index (χ0n) is 14.2. The van der Waals surface area contributed by atoms with Crippen LogP contribution in [0, 0.1) is 11.3 Å². The minimum Gasteiger partial charge on any atom is -0.460 e. The summed E-state index contributed by atoms with van der Waals surface area (Å²) < 4.78 is 33.0. The lowest BCUT2D eigenvalue weighted by molar-refractivity contribution is -0.143. The average molecular weight is 360 g/mol. The maximum atomic E-state index is 13.9. The molecule has 2 aliphatic rings. The molecular weight excluding hydrogens is 342 g/mol. The fourth-order valence-corrected chi connectivity index (χ4v) is 3.84. The second-order valence-corrected chi connectivity index (χ2v) is 7.25. The summed E-state index contributed by atoms with van der Waals surface area (Å²) >= 11 is 0. The van der Waals surface area contributed by atoms with E-state index in [1.54, 1.807) is 6.92 Å². The van der Waals surface area contributed by atoms with Crippen molar-refractivity contribution in [3.63, 3.8) is 0 Å². The number of esters is 1. The number of hydrogen-bond acceptors (Lipinski definition) is 4. The van der Waals surface area contributed by atoms with Crippen molar-refractivity contribution in [2.45, 2.75) is 38.7 Å². The van der Waals surface area contributed by atoms with E-state index in [1.807, 2.05) is 30.3 Å². The van der Waals surface area contributed by atoms with Crippen LogP contribution in [0.5, 0.6) is 0 Å². The van der Waals surface area contributed by atoms with Gasteiger partial charge in [-0.15, -0.1) is 0 Å². The average Bonchev–Trinajstić information content (AvgIpc) is 2.91. The van der Waals surface area contributed by atoms with E-state index < -0.39 is 35.4 Å². The van der Waals surface area contributed by atoms with Crippen molar-refractivity contribution < 1.29 is 23.1 Å². The van der Waals surface area contributed by atoms with Crippen molar-refractivity contribution in [1.82, 2.24) is 10.2 Å². The molecule has 136 valence electrons. The van der Waals surface area contributed by atoms with E-state index in [4.69, 9.17) is 4.74 Å². The predicted molar refractivity (Wildman–Crippen MR) is 87.7 cm³/mol.